The zero-order valence-corrected chi connectivity index (χ0v) is 16.1. The van der Waals surface area contributed by atoms with E-state index in [1.165, 1.54) is 17.5 Å². The lowest BCUT2D eigenvalue weighted by atomic mass is 9.87. The molecule has 0 radical (unpaired) electrons. The molecule has 5 heteroatoms. The lowest BCUT2D eigenvalue weighted by molar-refractivity contribution is 0.413. The maximum atomic E-state index is 5.41. The van der Waals surface area contributed by atoms with Gasteiger partial charge < -0.3 is 10.1 Å². The Labute approximate surface area is 152 Å². The first-order valence-electron chi connectivity index (χ1n) is 8.64. The molecule has 0 bridgehead atoms. The highest BCUT2D eigenvalue weighted by atomic mass is 79.9. The van der Waals surface area contributed by atoms with Gasteiger partial charge in [0.1, 0.15) is 16.2 Å². The van der Waals surface area contributed by atoms with Gasteiger partial charge in [0.15, 0.2) is 0 Å². The third kappa shape index (κ3) is 3.41. The molecule has 0 amide bonds. The van der Waals surface area contributed by atoms with Gasteiger partial charge in [-0.15, -0.1) is 0 Å². The van der Waals surface area contributed by atoms with Gasteiger partial charge in [0, 0.05) is 0 Å². The first kappa shape index (κ1) is 17.2. The number of nitrogens with zero attached hydrogens (tertiary/aromatic N) is 2. The number of aromatic nitrogens is 2. The average Bonchev–Trinajstić information content (AvgIpc) is 2.62. The molecular formula is C19H24BrN3O. The topological polar surface area (TPSA) is 47.0 Å². The number of aryl methyl sites for hydroxylation is 3. The molecule has 2 aromatic rings. The zero-order valence-electron chi connectivity index (χ0n) is 14.5. The normalized spacial score (nSPS) is 16.6. The number of hydrogen-bond donors (Lipinski definition) is 1. The van der Waals surface area contributed by atoms with E-state index in [0.29, 0.717) is 0 Å². The van der Waals surface area contributed by atoms with Gasteiger partial charge in [0.05, 0.1) is 24.5 Å². The van der Waals surface area contributed by atoms with Crippen molar-refractivity contribution in [1.29, 1.82) is 0 Å². The van der Waals surface area contributed by atoms with Crippen LogP contribution in [0.25, 0.3) is 0 Å². The molecule has 0 spiro atoms. The summed E-state index contributed by atoms with van der Waals surface area (Å²) in [4.78, 5) is 9.50. The zero-order chi connectivity index (χ0) is 17.1. The van der Waals surface area contributed by atoms with Crippen LogP contribution in [-0.4, -0.2) is 17.1 Å². The van der Waals surface area contributed by atoms with Gasteiger partial charge in [0.2, 0.25) is 0 Å². The van der Waals surface area contributed by atoms with Crippen LogP contribution in [0.5, 0.6) is 5.75 Å². The number of benzene rings is 1. The second-order valence-electron chi connectivity index (χ2n) is 6.12. The molecule has 128 valence electrons. The van der Waals surface area contributed by atoms with E-state index >= 15 is 0 Å². The van der Waals surface area contributed by atoms with Crippen LogP contribution < -0.4 is 10.1 Å². The molecule has 1 N–H and O–H groups in total. The predicted molar refractivity (Wildman–Crippen MR) is 101 cm³/mol. The Kier molecular flexibility index (Phi) is 5.39. The van der Waals surface area contributed by atoms with Crippen molar-refractivity contribution < 1.29 is 4.74 Å². The molecule has 1 aromatic heterocycles. The van der Waals surface area contributed by atoms with E-state index in [2.05, 4.69) is 52.2 Å². The second-order valence-corrected chi connectivity index (χ2v) is 6.87. The van der Waals surface area contributed by atoms with E-state index in [1.807, 2.05) is 6.07 Å². The summed E-state index contributed by atoms with van der Waals surface area (Å²) in [5.41, 5.74) is 4.73. The fourth-order valence-electron chi connectivity index (χ4n) is 3.29. The summed E-state index contributed by atoms with van der Waals surface area (Å²) in [6, 6.07) is 6.65. The summed E-state index contributed by atoms with van der Waals surface area (Å²) >= 11 is 3.53. The van der Waals surface area contributed by atoms with Gasteiger partial charge in [-0.2, -0.15) is 0 Å². The summed E-state index contributed by atoms with van der Waals surface area (Å²) < 4.78 is 6.27. The van der Waals surface area contributed by atoms with Crippen LogP contribution in [0.3, 0.4) is 0 Å². The quantitative estimate of drug-likeness (QED) is 0.792. The highest BCUT2D eigenvalue weighted by Crippen LogP contribution is 2.35. The summed E-state index contributed by atoms with van der Waals surface area (Å²) in [6.45, 7) is 4.22. The Morgan fingerprint density at radius 1 is 1.21 bits per heavy atom. The van der Waals surface area contributed by atoms with Crippen LogP contribution in [0.15, 0.2) is 22.8 Å². The predicted octanol–water partition coefficient (Wildman–Crippen LogP) is 4.86. The minimum absolute atomic E-state index is 0.259. The Hall–Kier alpha value is -1.62. The smallest absolute Gasteiger partial charge is 0.148 e. The number of fused-ring (bicyclic) bond motifs is 1. The third-order valence-electron chi connectivity index (χ3n) is 4.64. The molecule has 24 heavy (non-hydrogen) atoms. The van der Waals surface area contributed by atoms with Gasteiger partial charge in [0.25, 0.3) is 0 Å². The fraction of sp³-hybridized carbons (Fsp3) is 0.474. The number of anilines is 1. The van der Waals surface area contributed by atoms with Crippen LogP contribution >= 0.6 is 15.9 Å². The highest BCUT2D eigenvalue weighted by Gasteiger charge is 2.22. The largest absolute Gasteiger partial charge is 0.497 e. The van der Waals surface area contributed by atoms with Crippen molar-refractivity contribution in [2.75, 3.05) is 12.4 Å². The average molecular weight is 390 g/mol. The molecule has 1 heterocycles. The standard InChI is InChI=1S/C19H24BrN3O/c1-4-15-18(20)21-16(5-2)19(22-15)23-17-8-6-7-12-9-10-13(24-3)11-14(12)17/h9-11,17H,4-8H2,1-3H3,(H,22,23). The maximum absolute atomic E-state index is 5.41. The van der Waals surface area contributed by atoms with E-state index < -0.39 is 0 Å². The molecule has 0 saturated heterocycles. The highest BCUT2D eigenvalue weighted by molar-refractivity contribution is 9.10. The molecule has 4 nitrogen and oxygen atoms in total. The maximum Gasteiger partial charge on any atom is 0.148 e. The Balaban J connectivity index is 1.95. The molecule has 1 aliphatic carbocycles. The molecule has 1 unspecified atom stereocenters. The van der Waals surface area contributed by atoms with Crippen LogP contribution in [0, 0.1) is 0 Å². The van der Waals surface area contributed by atoms with Crippen molar-refractivity contribution in [3.8, 4) is 5.75 Å². The minimum atomic E-state index is 0.259. The van der Waals surface area contributed by atoms with Gasteiger partial charge in [-0.1, -0.05) is 19.9 Å². The Morgan fingerprint density at radius 2 is 2.00 bits per heavy atom. The minimum Gasteiger partial charge on any atom is -0.497 e. The lowest BCUT2D eigenvalue weighted by Gasteiger charge is -2.28. The van der Waals surface area contributed by atoms with Crippen LogP contribution in [0.1, 0.15) is 55.2 Å². The summed E-state index contributed by atoms with van der Waals surface area (Å²) in [6.07, 6.45) is 5.13. The first-order valence-corrected chi connectivity index (χ1v) is 9.44. The van der Waals surface area contributed by atoms with E-state index in [0.717, 1.165) is 53.2 Å². The molecule has 0 fully saturated rings. The Morgan fingerprint density at radius 3 is 2.71 bits per heavy atom. The monoisotopic (exact) mass is 389 g/mol. The molecular weight excluding hydrogens is 366 g/mol. The second kappa shape index (κ2) is 7.51. The van der Waals surface area contributed by atoms with Crippen molar-refractivity contribution in [1.82, 2.24) is 9.97 Å². The van der Waals surface area contributed by atoms with Crippen LogP contribution in [-0.2, 0) is 19.3 Å². The first-order chi connectivity index (χ1) is 11.7. The Bertz CT molecular complexity index is 733. The van der Waals surface area contributed by atoms with E-state index in [-0.39, 0.29) is 6.04 Å². The number of rotatable bonds is 5. The molecule has 1 aliphatic rings. The van der Waals surface area contributed by atoms with E-state index in [1.54, 1.807) is 7.11 Å². The van der Waals surface area contributed by atoms with Gasteiger partial charge in [-0.3, -0.25) is 0 Å². The molecule has 1 atom stereocenters. The van der Waals surface area contributed by atoms with Gasteiger partial charge in [-0.05, 0) is 71.3 Å². The van der Waals surface area contributed by atoms with Crippen molar-refractivity contribution >= 4 is 21.7 Å². The third-order valence-corrected chi connectivity index (χ3v) is 5.27. The van der Waals surface area contributed by atoms with Gasteiger partial charge in [-0.25, -0.2) is 9.97 Å². The van der Waals surface area contributed by atoms with Crippen molar-refractivity contribution in [3.05, 3.63) is 45.3 Å². The molecule has 0 saturated carbocycles. The summed E-state index contributed by atoms with van der Waals surface area (Å²) in [5.74, 6) is 1.83. The number of nitrogens with one attached hydrogen (secondary N) is 1. The lowest BCUT2D eigenvalue weighted by Crippen LogP contribution is -2.20. The fourth-order valence-corrected chi connectivity index (χ4v) is 3.87. The number of halogens is 1. The molecule has 1 aromatic carbocycles. The summed E-state index contributed by atoms with van der Waals surface area (Å²) in [5, 5.41) is 3.66. The van der Waals surface area contributed by atoms with Crippen molar-refractivity contribution in [2.24, 2.45) is 0 Å². The number of ether oxygens (including phenoxy) is 1. The van der Waals surface area contributed by atoms with Crippen LogP contribution in [0.2, 0.25) is 0 Å². The molecule has 3 rings (SSSR count). The summed E-state index contributed by atoms with van der Waals surface area (Å²) in [7, 11) is 1.72. The van der Waals surface area contributed by atoms with E-state index in [4.69, 9.17) is 9.72 Å². The van der Waals surface area contributed by atoms with Crippen molar-refractivity contribution in [2.45, 2.75) is 52.0 Å². The van der Waals surface area contributed by atoms with Crippen molar-refractivity contribution in [3.63, 3.8) is 0 Å². The number of hydrogen-bond acceptors (Lipinski definition) is 4. The number of methoxy groups -OCH3 is 1. The molecule has 0 aliphatic heterocycles. The SMILES string of the molecule is CCc1nc(NC2CCCc3ccc(OC)cc32)c(CC)nc1Br. The van der Waals surface area contributed by atoms with Crippen LogP contribution in [0.4, 0.5) is 5.82 Å². The van der Waals surface area contributed by atoms with E-state index in [9.17, 15) is 0 Å². The van der Waals surface area contributed by atoms with Gasteiger partial charge >= 0.3 is 0 Å².